The molecule has 1 unspecified atom stereocenters. The number of aliphatic hydroxyl groups excluding tert-OH is 1. The van der Waals surface area contributed by atoms with Gasteiger partial charge in [-0.1, -0.05) is 17.7 Å². The number of nitrogens with zero attached hydrogens (tertiary/aromatic N) is 1. The second-order valence-corrected chi connectivity index (χ2v) is 8.89. The van der Waals surface area contributed by atoms with E-state index in [1.165, 1.54) is 38.4 Å². The van der Waals surface area contributed by atoms with Crippen molar-refractivity contribution in [2.24, 2.45) is 0 Å². The fraction of sp³-hybridized carbons (Fsp3) is 0.407. The maximum Gasteiger partial charge on any atom is 0.295 e. The molecule has 1 aliphatic heterocycles. The van der Waals surface area contributed by atoms with Crippen molar-refractivity contribution in [3.63, 3.8) is 0 Å². The predicted octanol–water partition coefficient (Wildman–Crippen LogP) is 4.61. The SMILES string of the molecule is CCOc1cc(C2/C(=C(\O)c3cc(OC)c(Cl)cc3OC)C(=O)C(=O)N2CCOC)ccc1OC(C)C. The zero-order valence-corrected chi connectivity index (χ0v) is 22.5. The number of ether oxygens (including phenoxy) is 5. The summed E-state index contributed by atoms with van der Waals surface area (Å²) in [6, 6.07) is 7.18. The van der Waals surface area contributed by atoms with Crippen molar-refractivity contribution in [2.75, 3.05) is 41.1 Å². The summed E-state index contributed by atoms with van der Waals surface area (Å²) in [6.45, 7) is 6.33. The second-order valence-electron chi connectivity index (χ2n) is 8.48. The summed E-state index contributed by atoms with van der Waals surface area (Å²) in [6.07, 6.45) is -0.0928. The molecule has 9 nitrogen and oxygen atoms in total. The smallest absolute Gasteiger partial charge is 0.295 e. The van der Waals surface area contributed by atoms with Crippen LogP contribution in [0.4, 0.5) is 0 Å². The van der Waals surface area contributed by atoms with Crippen LogP contribution in [0.1, 0.15) is 37.9 Å². The number of halogens is 1. The van der Waals surface area contributed by atoms with E-state index < -0.39 is 23.5 Å². The monoisotopic (exact) mass is 533 g/mol. The molecule has 0 saturated carbocycles. The Bertz CT molecular complexity index is 1190. The van der Waals surface area contributed by atoms with Crippen LogP contribution in [-0.4, -0.2) is 68.9 Å². The van der Waals surface area contributed by atoms with Crippen LogP contribution in [0.25, 0.3) is 5.76 Å². The molecule has 0 radical (unpaired) electrons. The van der Waals surface area contributed by atoms with E-state index >= 15 is 0 Å². The van der Waals surface area contributed by atoms with E-state index in [1.54, 1.807) is 18.2 Å². The Kier molecular flexibility index (Phi) is 9.29. The zero-order chi connectivity index (χ0) is 27.3. The van der Waals surface area contributed by atoms with E-state index in [2.05, 4.69) is 0 Å². The average Bonchev–Trinajstić information content (AvgIpc) is 3.12. The molecule has 37 heavy (non-hydrogen) atoms. The van der Waals surface area contributed by atoms with E-state index in [-0.39, 0.29) is 46.9 Å². The van der Waals surface area contributed by atoms with Crippen LogP contribution in [0.5, 0.6) is 23.0 Å². The van der Waals surface area contributed by atoms with Gasteiger partial charge in [0.2, 0.25) is 0 Å². The first-order valence-electron chi connectivity index (χ1n) is 11.8. The molecule has 1 saturated heterocycles. The lowest BCUT2D eigenvalue weighted by Gasteiger charge is -2.26. The lowest BCUT2D eigenvalue weighted by atomic mass is 9.94. The minimum Gasteiger partial charge on any atom is -0.507 e. The van der Waals surface area contributed by atoms with Gasteiger partial charge in [-0.3, -0.25) is 9.59 Å². The first kappa shape index (κ1) is 28.1. The van der Waals surface area contributed by atoms with Gasteiger partial charge in [0, 0.05) is 19.7 Å². The van der Waals surface area contributed by atoms with Gasteiger partial charge >= 0.3 is 0 Å². The van der Waals surface area contributed by atoms with E-state index in [4.69, 9.17) is 35.3 Å². The summed E-state index contributed by atoms with van der Waals surface area (Å²) in [7, 11) is 4.34. The van der Waals surface area contributed by atoms with Crippen molar-refractivity contribution in [3.05, 3.63) is 52.1 Å². The van der Waals surface area contributed by atoms with Gasteiger partial charge in [0.1, 0.15) is 17.3 Å². The molecule has 0 aliphatic carbocycles. The number of methoxy groups -OCH3 is 3. The third-order valence-electron chi connectivity index (χ3n) is 5.75. The van der Waals surface area contributed by atoms with E-state index in [0.29, 0.717) is 23.7 Å². The van der Waals surface area contributed by atoms with Crippen LogP contribution >= 0.6 is 11.6 Å². The molecule has 1 heterocycles. The van der Waals surface area contributed by atoms with Crippen LogP contribution in [0.15, 0.2) is 35.9 Å². The number of likely N-dealkylation sites (tertiary alicyclic amines) is 1. The summed E-state index contributed by atoms with van der Waals surface area (Å²) in [5.74, 6) is -0.561. The number of hydrogen-bond donors (Lipinski definition) is 1. The Balaban J connectivity index is 2.26. The fourth-order valence-corrected chi connectivity index (χ4v) is 4.38. The van der Waals surface area contributed by atoms with Gasteiger partial charge in [0.15, 0.2) is 11.5 Å². The summed E-state index contributed by atoms with van der Waals surface area (Å²) in [4.78, 5) is 27.8. The van der Waals surface area contributed by atoms with E-state index in [0.717, 1.165) is 0 Å². The number of benzene rings is 2. The summed E-state index contributed by atoms with van der Waals surface area (Å²) < 4.78 is 27.5. The number of hydrogen-bond acceptors (Lipinski definition) is 8. The molecule has 1 atom stereocenters. The van der Waals surface area contributed by atoms with Gasteiger partial charge in [-0.15, -0.1) is 0 Å². The number of carbonyl (C=O) groups excluding carboxylic acids is 2. The highest BCUT2D eigenvalue weighted by molar-refractivity contribution is 6.46. The summed E-state index contributed by atoms with van der Waals surface area (Å²) >= 11 is 6.23. The molecule has 2 aromatic carbocycles. The molecule has 1 amide bonds. The maximum atomic E-state index is 13.3. The van der Waals surface area contributed by atoms with Crippen LogP contribution in [-0.2, 0) is 14.3 Å². The minimum absolute atomic E-state index is 0.0928. The van der Waals surface area contributed by atoms with E-state index in [1.807, 2.05) is 20.8 Å². The highest BCUT2D eigenvalue weighted by Crippen LogP contribution is 2.44. The minimum atomic E-state index is -0.922. The van der Waals surface area contributed by atoms with Gasteiger partial charge in [-0.25, -0.2) is 0 Å². The quantitative estimate of drug-likeness (QED) is 0.254. The van der Waals surface area contributed by atoms with Gasteiger partial charge in [-0.2, -0.15) is 0 Å². The van der Waals surface area contributed by atoms with Crippen LogP contribution in [0, 0.1) is 0 Å². The molecule has 0 spiro atoms. The molecule has 3 rings (SSSR count). The number of aliphatic hydroxyl groups is 1. The molecule has 1 fully saturated rings. The molecule has 200 valence electrons. The number of rotatable bonds is 11. The Labute approximate surface area is 221 Å². The molecule has 1 aliphatic rings. The number of Topliss-reactive ketones (excluding diaryl/α,β-unsaturated/α-hetero) is 1. The molecular formula is C27H32ClNO8. The zero-order valence-electron chi connectivity index (χ0n) is 21.8. The molecule has 10 heteroatoms. The predicted molar refractivity (Wildman–Crippen MR) is 139 cm³/mol. The molecule has 0 aromatic heterocycles. The van der Waals surface area contributed by atoms with E-state index in [9.17, 15) is 14.7 Å². The van der Waals surface area contributed by atoms with Gasteiger partial charge in [-0.05, 0) is 44.5 Å². The molecule has 0 bridgehead atoms. The Hall–Kier alpha value is -3.43. The van der Waals surface area contributed by atoms with Crippen LogP contribution < -0.4 is 18.9 Å². The van der Waals surface area contributed by atoms with Gasteiger partial charge in [0.25, 0.3) is 11.7 Å². The largest absolute Gasteiger partial charge is 0.507 e. The molecular weight excluding hydrogens is 502 g/mol. The third-order valence-corrected chi connectivity index (χ3v) is 6.05. The summed E-state index contributed by atoms with van der Waals surface area (Å²) in [5, 5.41) is 11.7. The highest BCUT2D eigenvalue weighted by atomic mass is 35.5. The number of ketones is 1. The van der Waals surface area contributed by atoms with Gasteiger partial charge < -0.3 is 33.7 Å². The van der Waals surface area contributed by atoms with Gasteiger partial charge in [0.05, 0.1) is 55.7 Å². The first-order valence-corrected chi connectivity index (χ1v) is 12.2. The average molecular weight is 534 g/mol. The third kappa shape index (κ3) is 5.78. The summed E-state index contributed by atoms with van der Waals surface area (Å²) in [5.41, 5.74) is 0.600. The Morgan fingerprint density at radius 3 is 2.32 bits per heavy atom. The van der Waals surface area contributed by atoms with Crippen molar-refractivity contribution < 1.29 is 38.4 Å². The van der Waals surface area contributed by atoms with Crippen molar-refractivity contribution in [1.82, 2.24) is 4.90 Å². The van der Waals surface area contributed by atoms with Crippen LogP contribution in [0.3, 0.4) is 0 Å². The van der Waals surface area contributed by atoms with Crippen molar-refractivity contribution in [1.29, 1.82) is 0 Å². The number of carbonyl (C=O) groups is 2. The van der Waals surface area contributed by atoms with Crippen LogP contribution in [0.2, 0.25) is 5.02 Å². The molecule has 2 aromatic rings. The lowest BCUT2D eigenvalue weighted by molar-refractivity contribution is -0.140. The van der Waals surface area contributed by atoms with Crippen molar-refractivity contribution in [3.8, 4) is 23.0 Å². The maximum absolute atomic E-state index is 13.3. The Morgan fingerprint density at radius 2 is 1.73 bits per heavy atom. The standard InChI is InChI=1S/C27H32ClNO8/c1-7-36-22-12-16(8-9-19(22)37-15(2)3)24-23(26(31)27(32)29(24)10-11-33-4)25(30)17-13-21(35-6)18(28)14-20(17)34-5/h8-9,12-15,24,30H,7,10-11H2,1-6H3/b25-23+. The van der Waals surface area contributed by atoms with Crippen molar-refractivity contribution >= 4 is 29.1 Å². The first-order chi connectivity index (χ1) is 17.7. The number of amides is 1. The Morgan fingerprint density at radius 1 is 1.03 bits per heavy atom. The highest BCUT2D eigenvalue weighted by Gasteiger charge is 2.46. The second kappa shape index (κ2) is 12.2. The van der Waals surface area contributed by atoms with Crippen molar-refractivity contribution in [2.45, 2.75) is 32.9 Å². The normalized spacial score (nSPS) is 16.9. The fourth-order valence-electron chi connectivity index (χ4n) is 4.15. The molecule has 1 N–H and O–H groups in total. The topological polar surface area (TPSA) is 104 Å². The lowest BCUT2D eigenvalue weighted by Crippen LogP contribution is -2.32.